The van der Waals surface area contributed by atoms with Crippen LogP contribution in [0.25, 0.3) is 11.3 Å². The predicted molar refractivity (Wildman–Crippen MR) is 128 cm³/mol. The van der Waals surface area contributed by atoms with Crippen LogP contribution >= 0.6 is 11.6 Å². The van der Waals surface area contributed by atoms with Crippen molar-refractivity contribution < 1.29 is 19.4 Å². The summed E-state index contributed by atoms with van der Waals surface area (Å²) in [5.41, 5.74) is 3.91. The maximum absolute atomic E-state index is 11.8. The van der Waals surface area contributed by atoms with Crippen LogP contribution in [0.4, 0.5) is 0 Å². The molecule has 0 aliphatic rings. The van der Waals surface area contributed by atoms with Crippen LogP contribution < -0.4 is 9.47 Å². The van der Waals surface area contributed by atoms with E-state index >= 15 is 0 Å². The number of carboxylic acid groups (broad SMARTS) is 1. The Morgan fingerprint density at radius 3 is 2.39 bits per heavy atom. The van der Waals surface area contributed by atoms with Crippen molar-refractivity contribution in [3.05, 3.63) is 112 Å². The second kappa shape index (κ2) is 10.2. The SMILES string of the molecule is Cc1ccc(OCc2ccccc2)c(-c2ccc(C(=O)O)c(COc3ccc(Cl)cc3)n2)c1. The van der Waals surface area contributed by atoms with Crippen LogP contribution in [0.1, 0.15) is 27.2 Å². The highest BCUT2D eigenvalue weighted by atomic mass is 35.5. The number of aromatic carboxylic acids is 1. The van der Waals surface area contributed by atoms with Gasteiger partial charge in [-0.2, -0.15) is 0 Å². The van der Waals surface area contributed by atoms with Crippen molar-refractivity contribution in [1.29, 1.82) is 0 Å². The number of carbonyl (C=O) groups is 1. The van der Waals surface area contributed by atoms with Crippen LogP contribution in [0.15, 0.2) is 84.9 Å². The van der Waals surface area contributed by atoms with Gasteiger partial charge in [0, 0.05) is 10.6 Å². The molecule has 0 unspecified atom stereocenters. The van der Waals surface area contributed by atoms with Gasteiger partial charge in [-0.25, -0.2) is 9.78 Å². The summed E-state index contributed by atoms with van der Waals surface area (Å²) in [5, 5.41) is 10.2. The summed E-state index contributed by atoms with van der Waals surface area (Å²) in [5.74, 6) is 0.184. The van der Waals surface area contributed by atoms with Crippen molar-refractivity contribution in [2.45, 2.75) is 20.1 Å². The monoisotopic (exact) mass is 459 g/mol. The third-order valence-electron chi connectivity index (χ3n) is 5.04. The van der Waals surface area contributed by atoms with Gasteiger partial charge >= 0.3 is 5.97 Å². The molecular formula is C27H22ClNO4. The first-order chi connectivity index (χ1) is 16.0. The third kappa shape index (κ3) is 5.70. The minimum Gasteiger partial charge on any atom is -0.488 e. The number of rotatable bonds is 8. The van der Waals surface area contributed by atoms with E-state index in [9.17, 15) is 9.90 Å². The molecule has 0 aliphatic heterocycles. The molecular weight excluding hydrogens is 438 g/mol. The number of nitrogens with zero attached hydrogens (tertiary/aromatic N) is 1. The highest BCUT2D eigenvalue weighted by Crippen LogP contribution is 2.31. The van der Waals surface area contributed by atoms with Crippen LogP contribution in [-0.2, 0) is 13.2 Å². The Balaban J connectivity index is 1.64. The lowest BCUT2D eigenvalue weighted by atomic mass is 10.0. The molecule has 33 heavy (non-hydrogen) atoms. The summed E-state index contributed by atoms with van der Waals surface area (Å²) in [4.78, 5) is 16.4. The molecule has 1 aromatic heterocycles. The molecule has 0 saturated carbocycles. The zero-order chi connectivity index (χ0) is 23.2. The number of aryl methyl sites for hydroxylation is 1. The van der Waals surface area contributed by atoms with Crippen LogP contribution in [-0.4, -0.2) is 16.1 Å². The highest BCUT2D eigenvalue weighted by molar-refractivity contribution is 6.30. The van der Waals surface area contributed by atoms with Crippen molar-refractivity contribution in [3.63, 3.8) is 0 Å². The molecule has 0 fully saturated rings. The molecule has 6 heteroatoms. The smallest absolute Gasteiger partial charge is 0.337 e. The van der Waals surface area contributed by atoms with Crippen LogP contribution in [0.2, 0.25) is 5.02 Å². The Morgan fingerprint density at radius 2 is 1.67 bits per heavy atom. The number of carboxylic acids is 1. The van der Waals surface area contributed by atoms with Gasteiger partial charge in [0.05, 0.1) is 17.0 Å². The molecule has 5 nitrogen and oxygen atoms in total. The zero-order valence-electron chi connectivity index (χ0n) is 18.0. The minimum atomic E-state index is -1.06. The maximum atomic E-state index is 11.8. The van der Waals surface area contributed by atoms with Crippen molar-refractivity contribution in [2.75, 3.05) is 0 Å². The van der Waals surface area contributed by atoms with E-state index in [0.717, 1.165) is 16.7 Å². The summed E-state index contributed by atoms with van der Waals surface area (Å²) in [6.45, 7) is 2.40. The van der Waals surface area contributed by atoms with Crippen molar-refractivity contribution in [1.82, 2.24) is 4.98 Å². The van der Waals surface area contributed by atoms with Gasteiger partial charge in [-0.3, -0.25) is 0 Å². The number of hydrogen-bond acceptors (Lipinski definition) is 4. The largest absolute Gasteiger partial charge is 0.488 e. The molecule has 1 N–H and O–H groups in total. The number of aromatic nitrogens is 1. The summed E-state index contributed by atoms with van der Waals surface area (Å²) in [6.07, 6.45) is 0. The number of pyridine rings is 1. The average Bonchev–Trinajstić information content (AvgIpc) is 2.83. The van der Waals surface area contributed by atoms with E-state index in [2.05, 4.69) is 4.98 Å². The highest BCUT2D eigenvalue weighted by Gasteiger charge is 2.16. The Bertz CT molecular complexity index is 1260. The van der Waals surface area contributed by atoms with Crippen LogP contribution in [0, 0.1) is 6.92 Å². The minimum absolute atomic E-state index is 0.00310. The molecule has 0 atom stereocenters. The van der Waals surface area contributed by atoms with E-state index in [-0.39, 0.29) is 12.2 Å². The molecule has 3 aromatic carbocycles. The summed E-state index contributed by atoms with van der Waals surface area (Å²) < 4.78 is 11.9. The summed E-state index contributed by atoms with van der Waals surface area (Å²) >= 11 is 5.92. The van der Waals surface area contributed by atoms with E-state index in [4.69, 9.17) is 21.1 Å². The Hall–Kier alpha value is -3.83. The van der Waals surface area contributed by atoms with E-state index in [1.54, 1.807) is 36.4 Å². The van der Waals surface area contributed by atoms with Crippen LogP contribution in [0.3, 0.4) is 0 Å². The van der Waals surface area contributed by atoms with Crippen LogP contribution in [0.5, 0.6) is 11.5 Å². The van der Waals surface area contributed by atoms with Gasteiger partial charge in [-0.05, 0) is 61.0 Å². The molecule has 0 spiro atoms. The second-order valence-corrected chi connectivity index (χ2v) is 7.95. The lowest BCUT2D eigenvalue weighted by molar-refractivity contribution is 0.0693. The second-order valence-electron chi connectivity index (χ2n) is 7.51. The van der Waals surface area contributed by atoms with Gasteiger partial charge in [-0.1, -0.05) is 53.6 Å². The molecule has 0 aliphatic carbocycles. The van der Waals surface area contributed by atoms with Gasteiger partial charge in [-0.15, -0.1) is 0 Å². The van der Waals surface area contributed by atoms with Gasteiger partial charge < -0.3 is 14.6 Å². The number of ether oxygens (including phenoxy) is 2. The summed E-state index contributed by atoms with van der Waals surface area (Å²) in [7, 11) is 0. The first kappa shape index (κ1) is 22.4. The van der Waals surface area contributed by atoms with E-state index in [1.165, 1.54) is 0 Å². The molecule has 1 heterocycles. The molecule has 0 radical (unpaired) electrons. The Morgan fingerprint density at radius 1 is 0.909 bits per heavy atom. The number of halogens is 1. The quantitative estimate of drug-likeness (QED) is 0.323. The van der Waals surface area contributed by atoms with Gasteiger partial charge in [0.25, 0.3) is 0 Å². The predicted octanol–water partition coefficient (Wildman–Crippen LogP) is 6.57. The lowest BCUT2D eigenvalue weighted by Gasteiger charge is -2.14. The van der Waals surface area contributed by atoms with Crippen molar-refractivity contribution in [3.8, 4) is 22.8 Å². The first-order valence-corrected chi connectivity index (χ1v) is 10.8. The van der Waals surface area contributed by atoms with Gasteiger partial charge in [0.1, 0.15) is 24.7 Å². The first-order valence-electron chi connectivity index (χ1n) is 10.4. The lowest BCUT2D eigenvalue weighted by Crippen LogP contribution is -2.09. The number of benzene rings is 3. The Kier molecular flexibility index (Phi) is 6.91. The standard InChI is InChI=1S/C27H22ClNO4/c1-18-7-14-26(33-16-19-5-3-2-4-6-19)23(15-18)24-13-12-22(27(30)31)25(29-24)17-32-21-10-8-20(28)9-11-21/h2-15H,16-17H2,1H3,(H,30,31). The third-order valence-corrected chi connectivity index (χ3v) is 5.29. The van der Waals surface area contributed by atoms with E-state index in [0.29, 0.717) is 34.5 Å². The zero-order valence-corrected chi connectivity index (χ0v) is 18.8. The van der Waals surface area contributed by atoms with Gasteiger partial charge in [0.2, 0.25) is 0 Å². The molecule has 0 saturated heterocycles. The maximum Gasteiger partial charge on any atom is 0.337 e. The van der Waals surface area contributed by atoms with Crippen molar-refractivity contribution in [2.24, 2.45) is 0 Å². The normalized spacial score (nSPS) is 10.6. The average molecular weight is 460 g/mol. The fraction of sp³-hybridized carbons (Fsp3) is 0.111. The van der Waals surface area contributed by atoms with Gasteiger partial charge in [0.15, 0.2) is 0 Å². The van der Waals surface area contributed by atoms with E-state index in [1.807, 2.05) is 55.5 Å². The van der Waals surface area contributed by atoms with E-state index < -0.39 is 5.97 Å². The topological polar surface area (TPSA) is 68.7 Å². The molecule has 0 amide bonds. The molecule has 4 rings (SSSR count). The molecule has 4 aromatic rings. The Labute approximate surface area is 197 Å². The van der Waals surface area contributed by atoms with Crippen molar-refractivity contribution >= 4 is 17.6 Å². The fourth-order valence-electron chi connectivity index (χ4n) is 3.34. The molecule has 0 bridgehead atoms. The number of hydrogen-bond donors (Lipinski definition) is 1. The molecule has 166 valence electrons. The fourth-order valence-corrected chi connectivity index (χ4v) is 3.47. The summed E-state index contributed by atoms with van der Waals surface area (Å²) in [6, 6.07) is 25.9.